The van der Waals surface area contributed by atoms with Crippen LogP contribution in [0.25, 0.3) is 43.4 Å². The maximum absolute atomic E-state index is 4.93. The molecule has 0 aliphatic carbocycles. The topological polar surface area (TPSA) is 24.4 Å². The van der Waals surface area contributed by atoms with E-state index in [2.05, 4.69) is 121 Å². The maximum Gasteiger partial charge on any atom is 0.0977 e. The van der Waals surface area contributed by atoms with Crippen LogP contribution >= 0.6 is 0 Å². The van der Waals surface area contributed by atoms with Crippen molar-refractivity contribution in [1.29, 1.82) is 0 Å². The van der Waals surface area contributed by atoms with Crippen LogP contribution in [0, 0.1) is 0 Å². The molecule has 0 heterocycles. The number of hydrogen-bond acceptors (Lipinski definition) is 2. The molecule has 7 aromatic carbocycles. The summed E-state index contributed by atoms with van der Waals surface area (Å²) in [5.74, 6) is 0. The molecule has 0 atom stereocenters. The molecular formula is C37H26N2. The van der Waals surface area contributed by atoms with E-state index in [9.17, 15) is 0 Å². The lowest BCUT2D eigenvalue weighted by Crippen LogP contribution is -2.06. The molecule has 39 heavy (non-hydrogen) atoms. The van der Waals surface area contributed by atoms with E-state index < -0.39 is 0 Å². The number of nitrogens with zero attached hydrogens (tertiary/aromatic N) is 1. The summed E-state index contributed by atoms with van der Waals surface area (Å²) >= 11 is 0. The summed E-state index contributed by atoms with van der Waals surface area (Å²) in [5.41, 5.74) is 9.91. The molecule has 0 unspecified atom stereocenters. The van der Waals surface area contributed by atoms with Crippen LogP contribution in [0.15, 0.2) is 157 Å². The Morgan fingerprint density at radius 1 is 0.436 bits per heavy atom. The molecular weight excluding hydrogens is 472 g/mol. The van der Waals surface area contributed by atoms with E-state index in [0.29, 0.717) is 0 Å². The van der Waals surface area contributed by atoms with E-state index in [1.54, 1.807) is 0 Å². The quantitative estimate of drug-likeness (QED) is 0.143. The molecule has 0 saturated heterocycles. The second-order valence-corrected chi connectivity index (χ2v) is 9.73. The van der Waals surface area contributed by atoms with Gasteiger partial charge in [0.05, 0.1) is 11.4 Å². The van der Waals surface area contributed by atoms with Gasteiger partial charge in [-0.15, -0.1) is 0 Å². The minimum atomic E-state index is 0.910. The van der Waals surface area contributed by atoms with Crippen LogP contribution in [0.2, 0.25) is 0 Å². The predicted octanol–water partition coefficient (Wildman–Crippen LogP) is 9.68. The number of anilines is 1. The first kappa shape index (κ1) is 22.9. The first-order valence-electron chi connectivity index (χ1n) is 13.2. The van der Waals surface area contributed by atoms with E-state index in [1.165, 1.54) is 38.1 Å². The number of nitrogens with one attached hydrogen (secondary N) is 1. The second kappa shape index (κ2) is 9.92. The second-order valence-electron chi connectivity index (χ2n) is 9.73. The molecule has 0 bridgehead atoms. The Balaban J connectivity index is 1.33. The van der Waals surface area contributed by atoms with Gasteiger partial charge in [-0.3, -0.25) is 5.43 Å². The summed E-state index contributed by atoms with van der Waals surface area (Å²) in [6.45, 7) is 0. The van der Waals surface area contributed by atoms with Crippen LogP contribution in [0.1, 0.15) is 11.1 Å². The summed E-state index contributed by atoms with van der Waals surface area (Å²) in [7, 11) is 0. The van der Waals surface area contributed by atoms with E-state index in [1.807, 2.05) is 36.4 Å². The smallest absolute Gasteiger partial charge is 0.0977 e. The molecule has 0 aliphatic heterocycles. The van der Waals surface area contributed by atoms with Crippen LogP contribution in [0.3, 0.4) is 0 Å². The summed E-state index contributed by atoms with van der Waals surface area (Å²) < 4.78 is 0. The maximum atomic E-state index is 4.93. The summed E-state index contributed by atoms with van der Waals surface area (Å²) in [6, 6.07) is 53.3. The van der Waals surface area contributed by atoms with Crippen molar-refractivity contribution in [2.75, 3.05) is 5.43 Å². The molecule has 0 aromatic heterocycles. The lowest BCUT2D eigenvalue weighted by molar-refractivity contribution is 1.34. The SMILES string of the molecule is c1ccc(C(=NNc2cccc3c2ccc2c(-c4ccc5ccccc5c4)cccc23)c2ccccc2)cc1. The molecule has 2 nitrogen and oxygen atoms in total. The Morgan fingerprint density at radius 2 is 1.05 bits per heavy atom. The molecule has 0 spiro atoms. The Bertz CT molecular complexity index is 1930. The molecule has 0 fully saturated rings. The third kappa shape index (κ3) is 4.32. The number of rotatable bonds is 5. The lowest BCUT2D eigenvalue weighted by atomic mass is 9.93. The number of hydrazone groups is 1. The van der Waals surface area contributed by atoms with Crippen LogP contribution in [0.5, 0.6) is 0 Å². The van der Waals surface area contributed by atoms with Gasteiger partial charge in [0.25, 0.3) is 0 Å². The molecule has 1 N–H and O–H groups in total. The van der Waals surface area contributed by atoms with Gasteiger partial charge in [0.2, 0.25) is 0 Å². The highest BCUT2D eigenvalue weighted by atomic mass is 15.3. The van der Waals surface area contributed by atoms with Crippen LogP contribution in [0.4, 0.5) is 5.69 Å². The first-order valence-corrected chi connectivity index (χ1v) is 13.2. The Kier molecular flexibility index (Phi) is 5.84. The van der Waals surface area contributed by atoms with Crippen molar-refractivity contribution < 1.29 is 0 Å². The third-order valence-corrected chi connectivity index (χ3v) is 7.36. The fourth-order valence-corrected chi connectivity index (χ4v) is 5.44. The molecule has 7 aromatic rings. The molecule has 2 heteroatoms. The Morgan fingerprint density at radius 3 is 1.79 bits per heavy atom. The Labute approximate surface area is 227 Å². The molecule has 7 rings (SSSR count). The van der Waals surface area contributed by atoms with Crippen LogP contribution in [-0.2, 0) is 0 Å². The van der Waals surface area contributed by atoms with Gasteiger partial charge in [-0.05, 0) is 50.2 Å². The van der Waals surface area contributed by atoms with Crippen molar-refractivity contribution in [3.05, 3.63) is 163 Å². The monoisotopic (exact) mass is 498 g/mol. The van der Waals surface area contributed by atoms with Gasteiger partial charge in [-0.1, -0.05) is 140 Å². The van der Waals surface area contributed by atoms with E-state index in [0.717, 1.165) is 27.9 Å². The third-order valence-electron chi connectivity index (χ3n) is 7.36. The van der Waals surface area contributed by atoms with Crippen molar-refractivity contribution in [2.24, 2.45) is 5.10 Å². The zero-order valence-corrected chi connectivity index (χ0v) is 21.4. The minimum Gasteiger partial charge on any atom is -0.277 e. The van der Waals surface area contributed by atoms with E-state index in [4.69, 9.17) is 5.10 Å². The molecule has 0 amide bonds. The molecule has 0 radical (unpaired) electrons. The Hall–Kier alpha value is -5.21. The average Bonchev–Trinajstić information content (AvgIpc) is 3.01. The fourth-order valence-electron chi connectivity index (χ4n) is 5.44. The highest BCUT2D eigenvalue weighted by molar-refractivity contribution is 6.16. The average molecular weight is 499 g/mol. The zero-order valence-electron chi connectivity index (χ0n) is 21.4. The van der Waals surface area contributed by atoms with Gasteiger partial charge in [-0.25, -0.2) is 0 Å². The summed E-state index contributed by atoms with van der Waals surface area (Å²) in [6.07, 6.45) is 0. The number of benzene rings is 7. The summed E-state index contributed by atoms with van der Waals surface area (Å²) in [4.78, 5) is 0. The summed E-state index contributed by atoms with van der Waals surface area (Å²) in [5, 5.41) is 12.3. The highest BCUT2D eigenvalue weighted by Crippen LogP contribution is 2.36. The largest absolute Gasteiger partial charge is 0.277 e. The van der Waals surface area contributed by atoms with Gasteiger partial charge in [0.15, 0.2) is 0 Å². The number of hydrogen-bond donors (Lipinski definition) is 1. The normalized spacial score (nSPS) is 11.1. The van der Waals surface area contributed by atoms with Crippen LogP contribution in [-0.4, -0.2) is 5.71 Å². The van der Waals surface area contributed by atoms with E-state index in [-0.39, 0.29) is 0 Å². The standard InChI is InChI=1S/C37H26N2/c1-3-12-27(13-4-1)37(28-14-5-2-6-15-28)39-38-36-20-10-19-33-32-18-9-17-31(34(32)23-24-35(33)36)30-22-21-26-11-7-8-16-29(26)25-30/h1-25,38H. The van der Waals surface area contributed by atoms with Crippen molar-refractivity contribution in [3.63, 3.8) is 0 Å². The van der Waals surface area contributed by atoms with Crippen molar-refractivity contribution in [1.82, 2.24) is 0 Å². The highest BCUT2D eigenvalue weighted by Gasteiger charge is 2.11. The zero-order chi connectivity index (χ0) is 26.0. The van der Waals surface area contributed by atoms with E-state index >= 15 is 0 Å². The fraction of sp³-hybridized carbons (Fsp3) is 0. The molecule has 0 saturated carbocycles. The molecule has 0 aliphatic rings. The van der Waals surface area contributed by atoms with Gasteiger partial charge < -0.3 is 0 Å². The lowest BCUT2D eigenvalue weighted by Gasteiger charge is -2.13. The van der Waals surface area contributed by atoms with Gasteiger partial charge in [-0.2, -0.15) is 5.10 Å². The van der Waals surface area contributed by atoms with Gasteiger partial charge in [0, 0.05) is 16.5 Å². The van der Waals surface area contributed by atoms with Crippen molar-refractivity contribution >= 4 is 43.7 Å². The number of fused-ring (bicyclic) bond motifs is 4. The van der Waals surface area contributed by atoms with Crippen molar-refractivity contribution in [3.8, 4) is 11.1 Å². The van der Waals surface area contributed by atoms with Crippen molar-refractivity contribution in [2.45, 2.75) is 0 Å². The van der Waals surface area contributed by atoms with Gasteiger partial charge in [0.1, 0.15) is 0 Å². The van der Waals surface area contributed by atoms with Gasteiger partial charge >= 0.3 is 0 Å². The molecule has 184 valence electrons. The first-order chi connectivity index (χ1) is 19.3. The van der Waals surface area contributed by atoms with Crippen LogP contribution < -0.4 is 5.43 Å². The minimum absolute atomic E-state index is 0.910. The predicted molar refractivity (Wildman–Crippen MR) is 167 cm³/mol.